The van der Waals surface area contributed by atoms with Crippen LogP contribution in [0.3, 0.4) is 0 Å². The fourth-order valence-corrected chi connectivity index (χ4v) is 4.00. The number of halogens is 1. The number of hydrogen-bond donors (Lipinski definition) is 1. The van der Waals surface area contributed by atoms with Crippen LogP contribution >= 0.6 is 15.9 Å². The van der Waals surface area contributed by atoms with Gasteiger partial charge in [0.05, 0.1) is 5.92 Å². The summed E-state index contributed by atoms with van der Waals surface area (Å²) in [4.78, 5) is 19.5. The maximum Gasteiger partial charge on any atom is 0.239 e. The van der Waals surface area contributed by atoms with Crippen molar-refractivity contribution >= 4 is 27.8 Å². The predicted molar refractivity (Wildman–Crippen MR) is 114 cm³/mol. The summed E-state index contributed by atoms with van der Waals surface area (Å²) in [6.45, 7) is 8.52. The van der Waals surface area contributed by atoms with Crippen molar-refractivity contribution in [2.75, 3.05) is 7.05 Å². The average Bonchev–Trinajstić information content (AvgIpc) is 2.59. The quantitative estimate of drug-likeness (QED) is 0.764. The van der Waals surface area contributed by atoms with Gasteiger partial charge in [-0.3, -0.25) is 9.69 Å². The molecule has 2 aromatic rings. The summed E-state index contributed by atoms with van der Waals surface area (Å²) >= 11 is 3.53. The summed E-state index contributed by atoms with van der Waals surface area (Å²) in [6, 6.07) is 16.2. The van der Waals surface area contributed by atoms with Crippen molar-refractivity contribution in [2.24, 2.45) is 10.7 Å². The molecule has 0 spiro atoms. The van der Waals surface area contributed by atoms with Gasteiger partial charge in [-0.1, -0.05) is 73.1 Å². The second kappa shape index (κ2) is 6.79. The molecule has 0 saturated carbocycles. The molecule has 3 rings (SSSR count). The first kappa shape index (κ1) is 19.6. The van der Waals surface area contributed by atoms with Crippen LogP contribution in [-0.4, -0.2) is 23.8 Å². The number of nitrogens with zero attached hydrogens (tertiary/aromatic N) is 2. The van der Waals surface area contributed by atoms with Crippen LogP contribution < -0.4 is 5.73 Å². The molecule has 2 N–H and O–H groups in total. The van der Waals surface area contributed by atoms with E-state index in [1.807, 2.05) is 43.3 Å². The molecule has 0 radical (unpaired) electrons. The van der Waals surface area contributed by atoms with Crippen LogP contribution in [-0.2, 0) is 15.7 Å². The van der Waals surface area contributed by atoms with Crippen molar-refractivity contribution in [1.29, 1.82) is 0 Å². The summed E-state index contributed by atoms with van der Waals surface area (Å²) in [7, 11) is 1.68. The van der Waals surface area contributed by atoms with Crippen molar-refractivity contribution in [3.63, 3.8) is 0 Å². The Morgan fingerprint density at radius 3 is 2.33 bits per heavy atom. The van der Waals surface area contributed by atoms with Crippen LogP contribution in [0.4, 0.5) is 0 Å². The minimum atomic E-state index is -0.777. The van der Waals surface area contributed by atoms with Gasteiger partial charge in [-0.05, 0) is 41.2 Å². The van der Waals surface area contributed by atoms with Crippen LogP contribution in [0.5, 0.6) is 0 Å². The molecule has 4 nitrogen and oxygen atoms in total. The lowest BCUT2D eigenvalue weighted by molar-refractivity contribution is -0.130. The molecular formula is C22H26BrN3O. The third-order valence-electron chi connectivity index (χ3n) is 5.35. The van der Waals surface area contributed by atoms with Gasteiger partial charge in [0, 0.05) is 11.5 Å². The van der Waals surface area contributed by atoms with E-state index >= 15 is 0 Å². The molecule has 1 aliphatic rings. The Kier molecular flexibility index (Phi) is 4.93. The average molecular weight is 428 g/mol. The number of nitrogens with two attached hydrogens (primary N) is 1. The molecule has 1 heterocycles. The van der Waals surface area contributed by atoms with Crippen molar-refractivity contribution < 1.29 is 4.79 Å². The highest BCUT2D eigenvalue weighted by atomic mass is 79.9. The van der Waals surface area contributed by atoms with Gasteiger partial charge in [-0.15, -0.1) is 0 Å². The van der Waals surface area contributed by atoms with E-state index in [-0.39, 0.29) is 17.3 Å². The zero-order valence-corrected chi connectivity index (χ0v) is 18.0. The predicted octanol–water partition coefficient (Wildman–Crippen LogP) is 4.53. The SMILES string of the molecule is CN1C(=O)[C@@H](c2ccc(C(C)(C)C)cc2)[C@@](C)(c2cccc(Br)c2)N=C1N. The summed E-state index contributed by atoms with van der Waals surface area (Å²) in [5, 5.41) is 0. The van der Waals surface area contributed by atoms with Gasteiger partial charge in [-0.25, -0.2) is 4.99 Å². The Morgan fingerprint density at radius 1 is 1.15 bits per heavy atom. The third kappa shape index (κ3) is 3.53. The van der Waals surface area contributed by atoms with Crippen molar-refractivity contribution in [1.82, 2.24) is 4.90 Å². The maximum absolute atomic E-state index is 13.2. The monoisotopic (exact) mass is 427 g/mol. The van der Waals surface area contributed by atoms with E-state index in [9.17, 15) is 4.79 Å². The molecule has 2 atom stereocenters. The summed E-state index contributed by atoms with van der Waals surface area (Å²) in [5.74, 6) is -0.253. The highest BCUT2D eigenvalue weighted by Gasteiger charge is 2.47. The Morgan fingerprint density at radius 2 is 1.78 bits per heavy atom. The van der Waals surface area contributed by atoms with Crippen LogP contribution in [0.2, 0.25) is 0 Å². The number of benzene rings is 2. The van der Waals surface area contributed by atoms with Crippen molar-refractivity contribution in [3.05, 3.63) is 69.7 Å². The van der Waals surface area contributed by atoms with E-state index in [4.69, 9.17) is 10.7 Å². The van der Waals surface area contributed by atoms with E-state index < -0.39 is 11.5 Å². The zero-order chi connectivity index (χ0) is 20.0. The smallest absolute Gasteiger partial charge is 0.239 e. The number of likely N-dealkylation sites (N-methyl/N-ethyl adjacent to an activating group) is 1. The Hall–Kier alpha value is -2.14. The van der Waals surface area contributed by atoms with Crippen molar-refractivity contribution in [3.8, 4) is 0 Å². The molecule has 0 aliphatic carbocycles. The number of carbonyl (C=O) groups is 1. The number of amides is 1. The van der Waals surface area contributed by atoms with Crippen LogP contribution in [0.15, 0.2) is 58.0 Å². The zero-order valence-electron chi connectivity index (χ0n) is 16.5. The minimum Gasteiger partial charge on any atom is -0.369 e. The fraction of sp³-hybridized carbons (Fsp3) is 0.364. The number of carbonyl (C=O) groups excluding carboxylic acids is 1. The molecule has 0 fully saturated rings. The van der Waals surface area contributed by atoms with Crippen LogP contribution in [0.25, 0.3) is 0 Å². The molecule has 27 heavy (non-hydrogen) atoms. The lowest BCUT2D eigenvalue weighted by Gasteiger charge is -2.41. The Bertz CT molecular complexity index is 899. The minimum absolute atomic E-state index is 0.0477. The topological polar surface area (TPSA) is 58.7 Å². The van der Waals surface area contributed by atoms with Crippen LogP contribution in [0, 0.1) is 0 Å². The van der Waals surface area contributed by atoms with Gasteiger partial charge in [0.25, 0.3) is 0 Å². The van der Waals surface area contributed by atoms with Gasteiger partial charge >= 0.3 is 0 Å². The molecule has 1 aliphatic heterocycles. The highest BCUT2D eigenvalue weighted by Crippen LogP contribution is 2.44. The number of hydrogen-bond acceptors (Lipinski definition) is 3. The first-order valence-corrected chi connectivity index (χ1v) is 9.83. The Labute approximate surface area is 169 Å². The van der Waals surface area contributed by atoms with E-state index in [1.165, 1.54) is 10.5 Å². The van der Waals surface area contributed by atoms with Gasteiger partial charge < -0.3 is 5.73 Å². The van der Waals surface area contributed by atoms with Gasteiger partial charge in [0.1, 0.15) is 5.54 Å². The third-order valence-corrected chi connectivity index (χ3v) is 5.84. The Balaban J connectivity index is 2.16. The normalized spacial score (nSPS) is 23.3. The lowest BCUT2D eigenvalue weighted by atomic mass is 9.74. The standard InChI is InChI=1S/C22H26BrN3O/c1-21(2,3)15-11-9-14(10-12-15)18-19(27)26(5)20(24)25-22(18,4)16-7-6-8-17(23)13-16/h6-13,18H,1-5H3,(H2,24,25)/t18-,22-/m1/s1. The first-order valence-electron chi connectivity index (χ1n) is 9.03. The van der Waals surface area contributed by atoms with Crippen molar-refractivity contribution in [2.45, 2.75) is 44.6 Å². The number of aliphatic imine (C=N–C) groups is 1. The number of rotatable bonds is 2. The second-order valence-electron chi connectivity index (χ2n) is 8.33. The molecule has 0 unspecified atom stereocenters. The number of guanidine groups is 1. The van der Waals surface area contributed by atoms with E-state index in [0.29, 0.717) is 0 Å². The molecule has 142 valence electrons. The van der Waals surface area contributed by atoms with E-state index in [0.717, 1.165) is 15.6 Å². The fourth-order valence-electron chi connectivity index (χ4n) is 3.60. The van der Waals surface area contributed by atoms with Gasteiger partial charge in [0.2, 0.25) is 5.91 Å². The first-order chi connectivity index (χ1) is 12.5. The van der Waals surface area contributed by atoms with Gasteiger partial charge in [0.15, 0.2) is 5.96 Å². The summed E-state index contributed by atoms with van der Waals surface area (Å²) in [5.41, 5.74) is 8.49. The largest absolute Gasteiger partial charge is 0.369 e. The summed E-state index contributed by atoms with van der Waals surface area (Å²) in [6.07, 6.45) is 0. The maximum atomic E-state index is 13.2. The molecule has 0 saturated heterocycles. The summed E-state index contributed by atoms with van der Waals surface area (Å²) < 4.78 is 0.947. The van der Waals surface area contributed by atoms with E-state index in [1.54, 1.807) is 7.05 Å². The molecule has 0 aromatic heterocycles. The van der Waals surface area contributed by atoms with E-state index in [2.05, 4.69) is 48.8 Å². The van der Waals surface area contributed by atoms with Crippen LogP contribution in [0.1, 0.15) is 50.3 Å². The lowest BCUT2D eigenvalue weighted by Crippen LogP contribution is -2.52. The molecular weight excluding hydrogens is 402 g/mol. The molecule has 0 bridgehead atoms. The molecule has 2 aromatic carbocycles. The van der Waals surface area contributed by atoms with Gasteiger partial charge in [-0.2, -0.15) is 0 Å². The molecule has 5 heteroatoms. The molecule has 1 amide bonds. The highest BCUT2D eigenvalue weighted by molar-refractivity contribution is 9.10. The second-order valence-corrected chi connectivity index (χ2v) is 9.25.